The van der Waals surface area contributed by atoms with Crippen LogP contribution in [0.5, 0.6) is 0 Å². The van der Waals surface area contributed by atoms with Crippen molar-refractivity contribution in [2.75, 3.05) is 6.61 Å². The van der Waals surface area contributed by atoms with E-state index in [9.17, 15) is 9.90 Å². The van der Waals surface area contributed by atoms with Crippen LogP contribution in [0.1, 0.15) is 23.9 Å². The lowest BCUT2D eigenvalue weighted by molar-refractivity contribution is 0.0472. The smallest absolute Gasteiger partial charge is 0.279 e. The number of aromatic nitrogens is 4. The molecule has 3 aromatic rings. The maximum absolute atomic E-state index is 12.1. The van der Waals surface area contributed by atoms with Gasteiger partial charge >= 0.3 is 0 Å². The zero-order valence-corrected chi connectivity index (χ0v) is 15.1. The molecule has 0 amide bonds. The van der Waals surface area contributed by atoms with E-state index in [0.29, 0.717) is 36.6 Å². The molecule has 0 bridgehead atoms. The third kappa shape index (κ3) is 3.31. The summed E-state index contributed by atoms with van der Waals surface area (Å²) < 4.78 is 7.65. The Balaban J connectivity index is 1.51. The van der Waals surface area contributed by atoms with Gasteiger partial charge in [-0.1, -0.05) is 36.9 Å². The Morgan fingerprint density at radius 1 is 1.37 bits per heavy atom. The number of nitrogens with zero attached hydrogens (tertiary/aromatic N) is 3. The van der Waals surface area contributed by atoms with Gasteiger partial charge in [-0.3, -0.25) is 4.79 Å². The van der Waals surface area contributed by atoms with Crippen molar-refractivity contribution in [3.63, 3.8) is 0 Å². The number of aromatic amines is 1. The molecule has 3 unspecified atom stereocenters. The van der Waals surface area contributed by atoms with Crippen LogP contribution in [0.15, 0.2) is 53.6 Å². The molecule has 2 heterocycles. The minimum absolute atomic E-state index is 0.163. The number of aliphatic hydroxyl groups is 1. The van der Waals surface area contributed by atoms with Crippen molar-refractivity contribution in [1.82, 2.24) is 19.5 Å². The minimum Gasteiger partial charge on any atom is -0.392 e. The number of imidazole rings is 1. The summed E-state index contributed by atoms with van der Waals surface area (Å²) in [4.78, 5) is 23.3. The fourth-order valence-electron chi connectivity index (χ4n) is 3.69. The largest absolute Gasteiger partial charge is 0.392 e. The number of hydrogen-bond acceptors (Lipinski definition) is 5. The van der Waals surface area contributed by atoms with Crippen LogP contribution in [0.3, 0.4) is 0 Å². The molecule has 1 aliphatic carbocycles. The molecule has 0 spiro atoms. The van der Waals surface area contributed by atoms with E-state index < -0.39 is 6.10 Å². The van der Waals surface area contributed by atoms with Crippen LogP contribution in [0, 0.1) is 12.8 Å². The first kappa shape index (κ1) is 17.6. The van der Waals surface area contributed by atoms with Crippen molar-refractivity contribution >= 4 is 11.2 Å². The first-order valence-electron chi connectivity index (χ1n) is 8.96. The zero-order chi connectivity index (χ0) is 19.0. The van der Waals surface area contributed by atoms with Crippen LogP contribution in [-0.4, -0.2) is 37.3 Å². The number of benzene rings is 1. The van der Waals surface area contributed by atoms with E-state index in [1.165, 1.54) is 0 Å². The number of H-pyrrole nitrogens is 1. The molecular weight excluding hydrogens is 344 g/mol. The maximum Gasteiger partial charge on any atom is 0.279 e. The molecule has 3 atom stereocenters. The van der Waals surface area contributed by atoms with Crippen LogP contribution >= 0.6 is 0 Å². The summed E-state index contributed by atoms with van der Waals surface area (Å²) in [7, 11) is 0. The fourth-order valence-corrected chi connectivity index (χ4v) is 3.69. The third-order valence-corrected chi connectivity index (χ3v) is 5.13. The molecule has 7 nitrogen and oxygen atoms in total. The van der Waals surface area contributed by atoms with Gasteiger partial charge in [0.15, 0.2) is 11.2 Å². The number of rotatable bonds is 5. The van der Waals surface area contributed by atoms with E-state index in [-0.39, 0.29) is 17.5 Å². The lowest BCUT2D eigenvalue weighted by Gasteiger charge is -2.18. The Morgan fingerprint density at radius 2 is 2.15 bits per heavy atom. The Labute approximate surface area is 156 Å². The average molecular weight is 366 g/mol. The Morgan fingerprint density at radius 3 is 2.93 bits per heavy atom. The Hall–Kier alpha value is -2.77. The number of nitrogens with one attached hydrogen (secondary N) is 1. The molecule has 0 radical (unpaired) electrons. The molecule has 1 saturated carbocycles. The number of aryl methyl sites for hydroxylation is 1. The van der Waals surface area contributed by atoms with Crippen molar-refractivity contribution in [2.24, 2.45) is 5.92 Å². The van der Waals surface area contributed by atoms with Crippen molar-refractivity contribution in [1.29, 1.82) is 0 Å². The standard InChI is InChI=1S/C20H22N4O3/c1-12-15(10-27-9-14-6-4-3-5-7-14)17(25)8-16(12)24-11-21-18-19(24)22-13(2)23-20(18)26/h3-7,11,15-17,25H,1,8-10H2,2H3,(H,22,23,26). The molecule has 2 N–H and O–H groups in total. The molecule has 1 aromatic carbocycles. The van der Waals surface area contributed by atoms with E-state index >= 15 is 0 Å². The van der Waals surface area contributed by atoms with Crippen molar-refractivity contribution in [3.8, 4) is 0 Å². The highest BCUT2D eigenvalue weighted by atomic mass is 16.5. The maximum atomic E-state index is 12.1. The van der Waals surface area contributed by atoms with Crippen LogP contribution < -0.4 is 5.56 Å². The van der Waals surface area contributed by atoms with Gasteiger partial charge in [-0.2, -0.15) is 0 Å². The summed E-state index contributed by atoms with van der Waals surface area (Å²) in [6.07, 6.45) is 1.54. The molecule has 0 aliphatic heterocycles. The minimum atomic E-state index is -0.557. The molecule has 0 saturated heterocycles. The predicted molar refractivity (Wildman–Crippen MR) is 101 cm³/mol. The number of hydrogen-bond donors (Lipinski definition) is 2. The van der Waals surface area contributed by atoms with Crippen LogP contribution in [0.25, 0.3) is 11.2 Å². The first-order valence-corrected chi connectivity index (χ1v) is 8.96. The van der Waals surface area contributed by atoms with Gasteiger partial charge in [0, 0.05) is 5.92 Å². The summed E-state index contributed by atoms with van der Waals surface area (Å²) in [6.45, 7) is 6.82. The summed E-state index contributed by atoms with van der Waals surface area (Å²) >= 11 is 0. The van der Waals surface area contributed by atoms with E-state index in [4.69, 9.17) is 4.74 Å². The van der Waals surface area contributed by atoms with Gasteiger partial charge in [0.25, 0.3) is 5.56 Å². The van der Waals surface area contributed by atoms with Gasteiger partial charge in [0.05, 0.1) is 31.7 Å². The van der Waals surface area contributed by atoms with Gasteiger partial charge < -0.3 is 19.4 Å². The van der Waals surface area contributed by atoms with Crippen molar-refractivity contribution < 1.29 is 9.84 Å². The second kappa shape index (κ2) is 7.09. The fraction of sp³-hybridized carbons (Fsp3) is 0.350. The Bertz CT molecular complexity index is 1020. The number of fused-ring (bicyclic) bond motifs is 1. The highest BCUT2D eigenvalue weighted by molar-refractivity contribution is 5.69. The average Bonchev–Trinajstić information content (AvgIpc) is 3.18. The highest BCUT2D eigenvalue weighted by Gasteiger charge is 2.38. The van der Waals surface area contributed by atoms with Crippen molar-refractivity contribution in [2.45, 2.75) is 32.1 Å². The molecule has 7 heteroatoms. The van der Waals surface area contributed by atoms with Gasteiger partial charge in [-0.15, -0.1) is 0 Å². The first-order chi connectivity index (χ1) is 13.0. The summed E-state index contributed by atoms with van der Waals surface area (Å²) in [5.41, 5.74) is 2.51. The molecule has 140 valence electrons. The number of aliphatic hydroxyl groups excluding tert-OH is 1. The second-order valence-corrected chi connectivity index (χ2v) is 6.98. The zero-order valence-electron chi connectivity index (χ0n) is 15.1. The normalized spacial score (nSPS) is 22.6. The van der Waals surface area contributed by atoms with E-state index in [1.807, 2.05) is 34.9 Å². The third-order valence-electron chi connectivity index (χ3n) is 5.13. The molecule has 2 aromatic heterocycles. The lowest BCUT2D eigenvalue weighted by Crippen LogP contribution is -2.20. The van der Waals surface area contributed by atoms with Gasteiger partial charge in [0.1, 0.15) is 5.82 Å². The van der Waals surface area contributed by atoms with E-state index in [1.54, 1.807) is 13.3 Å². The summed E-state index contributed by atoms with van der Waals surface area (Å²) in [5.74, 6) is 0.361. The predicted octanol–water partition coefficient (Wildman–Crippen LogP) is 2.12. The Kier molecular flexibility index (Phi) is 4.63. The van der Waals surface area contributed by atoms with Gasteiger partial charge in [-0.25, -0.2) is 9.97 Å². The lowest BCUT2D eigenvalue weighted by atomic mass is 10.0. The quantitative estimate of drug-likeness (QED) is 0.675. The van der Waals surface area contributed by atoms with Crippen LogP contribution in [0.4, 0.5) is 0 Å². The molecule has 27 heavy (non-hydrogen) atoms. The van der Waals surface area contributed by atoms with Gasteiger partial charge in [0.2, 0.25) is 0 Å². The topological polar surface area (TPSA) is 93.0 Å². The number of ether oxygens (including phenoxy) is 1. The van der Waals surface area contributed by atoms with Crippen LogP contribution in [0.2, 0.25) is 0 Å². The van der Waals surface area contributed by atoms with Gasteiger partial charge in [-0.05, 0) is 24.5 Å². The van der Waals surface area contributed by atoms with E-state index in [2.05, 4.69) is 21.5 Å². The monoisotopic (exact) mass is 366 g/mol. The molecule has 1 fully saturated rings. The molecule has 1 aliphatic rings. The van der Waals surface area contributed by atoms with Crippen molar-refractivity contribution in [3.05, 3.63) is 70.6 Å². The molecule has 4 rings (SSSR count). The van der Waals surface area contributed by atoms with Crippen LogP contribution in [-0.2, 0) is 11.3 Å². The summed E-state index contributed by atoms with van der Waals surface area (Å²) in [5, 5.41) is 10.5. The molecular formula is C20H22N4O3. The van der Waals surface area contributed by atoms with E-state index in [0.717, 1.165) is 11.1 Å². The summed E-state index contributed by atoms with van der Waals surface area (Å²) in [6, 6.07) is 9.76. The second-order valence-electron chi connectivity index (χ2n) is 6.98. The SMILES string of the molecule is C=C1C(COCc2ccccc2)C(O)CC1n1cnc2c(=O)[nH]c(C)nc21. The highest BCUT2D eigenvalue weighted by Crippen LogP contribution is 2.40.